The molecule has 1 aliphatic carbocycles. The zero-order valence-corrected chi connectivity index (χ0v) is 14.5. The van der Waals surface area contributed by atoms with Crippen LogP contribution in [0.5, 0.6) is 0 Å². The van der Waals surface area contributed by atoms with Gasteiger partial charge in [0.05, 0.1) is 0 Å². The molecular weight excluding hydrogens is 338 g/mol. The molecule has 0 saturated carbocycles. The molecule has 0 aliphatic heterocycles. The maximum atomic E-state index is 13.2. The fraction of sp³-hybridized carbons (Fsp3) is 0.0400. The lowest BCUT2D eigenvalue weighted by Crippen LogP contribution is -1.84. The van der Waals surface area contributed by atoms with Crippen molar-refractivity contribution in [1.82, 2.24) is 0 Å². The zero-order chi connectivity index (χ0) is 18.4. The summed E-state index contributed by atoms with van der Waals surface area (Å²) in [6, 6.07) is 26.1. The highest BCUT2D eigenvalue weighted by Gasteiger charge is 2.19. The average molecular weight is 354 g/mol. The molecule has 1 aliphatic rings. The number of halogens is 2. The SMILES string of the molecule is Fc1ccc(-c2ccc3c(c2)Cc2cc(-c4ccc(F)cc4)ccc2-3)cc1. The summed E-state index contributed by atoms with van der Waals surface area (Å²) in [6.07, 6.45) is 0.870. The maximum Gasteiger partial charge on any atom is 0.123 e. The van der Waals surface area contributed by atoms with Gasteiger partial charge in [-0.15, -0.1) is 0 Å². The summed E-state index contributed by atoms with van der Waals surface area (Å²) >= 11 is 0. The Labute approximate surface area is 156 Å². The minimum Gasteiger partial charge on any atom is -0.207 e. The van der Waals surface area contributed by atoms with Crippen LogP contribution in [-0.2, 0) is 6.42 Å². The molecule has 0 N–H and O–H groups in total. The van der Waals surface area contributed by atoms with E-state index >= 15 is 0 Å². The smallest absolute Gasteiger partial charge is 0.123 e. The van der Waals surface area contributed by atoms with E-state index in [0.717, 1.165) is 28.7 Å². The van der Waals surface area contributed by atoms with E-state index in [1.54, 1.807) is 0 Å². The summed E-state index contributed by atoms with van der Waals surface area (Å²) in [7, 11) is 0. The first-order valence-corrected chi connectivity index (χ1v) is 8.95. The first-order valence-electron chi connectivity index (χ1n) is 8.95. The Balaban J connectivity index is 1.51. The van der Waals surface area contributed by atoms with Crippen LogP contribution >= 0.6 is 0 Å². The average Bonchev–Trinajstić information content (AvgIpc) is 3.06. The molecule has 0 saturated heterocycles. The van der Waals surface area contributed by atoms with Crippen molar-refractivity contribution in [1.29, 1.82) is 0 Å². The maximum absolute atomic E-state index is 13.2. The van der Waals surface area contributed by atoms with Gasteiger partial charge in [-0.3, -0.25) is 0 Å². The molecule has 0 unspecified atom stereocenters. The van der Waals surface area contributed by atoms with Gasteiger partial charge in [-0.2, -0.15) is 0 Å². The summed E-state index contributed by atoms with van der Waals surface area (Å²) in [5.74, 6) is -0.443. The van der Waals surface area contributed by atoms with Crippen molar-refractivity contribution >= 4 is 0 Å². The van der Waals surface area contributed by atoms with Crippen molar-refractivity contribution < 1.29 is 8.78 Å². The second-order valence-electron chi connectivity index (χ2n) is 6.93. The van der Waals surface area contributed by atoms with Gasteiger partial charge in [0.15, 0.2) is 0 Å². The Bertz CT molecular complexity index is 1050. The lowest BCUT2D eigenvalue weighted by Gasteiger charge is -2.07. The molecule has 4 aromatic rings. The molecule has 0 bridgehead atoms. The quantitative estimate of drug-likeness (QED) is 0.324. The van der Waals surface area contributed by atoms with E-state index in [1.807, 2.05) is 24.3 Å². The zero-order valence-electron chi connectivity index (χ0n) is 14.5. The van der Waals surface area contributed by atoms with E-state index < -0.39 is 0 Å². The van der Waals surface area contributed by atoms with Gasteiger partial charge in [-0.25, -0.2) is 8.78 Å². The molecule has 27 heavy (non-hydrogen) atoms. The van der Waals surface area contributed by atoms with E-state index in [2.05, 4.69) is 36.4 Å². The molecule has 0 heterocycles. The van der Waals surface area contributed by atoms with E-state index in [4.69, 9.17) is 0 Å². The minimum atomic E-state index is -0.222. The molecule has 130 valence electrons. The van der Waals surface area contributed by atoms with E-state index in [9.17, 15) is 8.78 Å². The summed E-state index contributed by atoms with van der Waals surface area (Å²) in [5, 5.41) is 0. The van der Waals surface area contributed by atoms with Gasteiger partial charge in [0.25, 0.3) is 0 Å². The van der Waals surface area contributed by atoms with E-state index in [1.165, 1.54) is 46.5 Å². The Hall–Kier alpha value is -3.26. The minimum absolute atomic E-state index is 0.222. The normalized spacial score (nSPS) is 11.9. The summed E-state index contributed by atoms with van der Waals surface area (Å²) in [4.78, 5) is 0. The van der Waals surface area contributed by atoms with Crippen molar-refractivity contribution in [3.63, 3.8) is 0 Å². The van der Waals surface area contributed by atoms with Gasteiger partial charge in [0, 0.05) is 0 Å². The molecule has 4 aromatic carbocycles. The van der Waals surface area contributed by atoms with Crippen molar-refractivity contribution in [3.8, 4) is 33.4 Å². The molecule has 0 spiro atoms. The molecular formula is C25H16F2. The van der Waals surface area contributed by atoms with E-state index in [0.29, 0.717) is 0 Å². The van der Waals surface area contributed by atoms with Gasteiger partial charge >= 0.3 is 0 Å². The standard InChI is InChI=1S/C25H16F2/c26-22-7-1-16(2-8-22)18-5-11-24-20(13-18)15-21-14-19(6-12-25(21)24)17-3-9-23(27)10-4-17/h1-14H,15H2. The van der Waals surface area contributed by atoms with Crippen LogP contribution in [0.4, 0.5) is 8.78 Å². The number of benzene rings is 4. The van der Waals surface area contributed by atoms with Crippen molar-refractivity contribution in [2.45, 2.75) is 6.42 Å². The molecule has 0 atom stereocenters. The highest BCUT2D eigenvalue weighted by Crippen LogP contribution is 2.40. The van der Waals surface area contributed by atoms with Gasteiger partial charge in [-0.1, -0.05) is 60.7 Å². The number of hydrogen-bond donors (Lipinski definition) is 0. The van der Waals surface area contributed by atoms with Gasteiger partial charge in [0.2, 0.25) is 0 Å². The Kier molecular flexibility index (Phi) is 3.64. The highest BCUT2D eigenvalue weighted by molar-refractivity contribution is 5.82. The first kappa shape index (κ1) is 16.0. The first-order chi connectivity index (χ1) is 13.2. The second-order valence-corrected chi connectivity index (χ2v) is 6.93. The largest absolute Gasteiger partial charge is 0.207 e. The molecule has 2 heteroatoms. The molecule has 0 fully saturated rings. The number of hydrogen-bond acceptors (Lipinski definition) is 0. The van der Waals surface area contributed by atoms with Crippen LogP contribution in [-0.4, -0.2) is 0 Å². The van der Waals surface area contributed by atoms with Crippen LogP contribution in [0.25, 0.3) is 33.4 Å². The van der Waals surface area contributed by atoms with Crippen LogP contribution in [0.1, 0.15) is 11.1 Å². The highest BCUT2D eigenvalue weighted by atomic mass is 19.1. The molecule has 0 amide bonds. The van der Waals surface area contributed by atoms with E-state index in [-0.39, 0.29) is 11.6 Å². The fourth-order valence-electron chi connectivity index (χ4n) is 3.85. The Morgan fingerprint density at radius 2 is 0.815 bits per heavy atom. The lowest BCUT2D eigenvalue weighted by atomic mass is 9.98. The van der Waals surface area contributed by atoms with Crippen molar-refractivity contribution in [2.24, 2.45) is 0 Å². The third kappa shape index (κ3) is 2.83. The van der Waals surface area contributed by atoms with Gasteiger partial charge < -0.3 is 0 Å². The van der Waals surface area contributed by atoms with Crippen LogP contribution in [0.3, 0.4) is 0 Å². The van der Waals surface area contributed by atoms with Crippen LogP contribution in [0, 0.1) is 11.6 Å². The van der Waals surface area contributed by atoms with Crippen LogP contribution < -0.4 is 0 Å². The summed E-state index contributed by atoms with van der Waals surface area (Å²) < 4.78 is 26.4. The third-order valence-corrected chi connectivity index (χ3v) is 5.24. The van der Waals surface area contributed by atoms with Crippen molar-refractivity contribution in [2.75, 3.05) is 0 Å². The Morgan fingerprint density at radius 1 is 0.444 bits per heavy atom. The lowest BCUT2D eigenvalue weighted by molar-refractivity contribution is 0.627. The second kappa shape index (κ2) is 6.17. The van der Waals surface area contributed by atoms with Gasteiger partial charge in [0.1, 0.15) is 11.6 Å². The van der Waals surface area contributed by atoms with Crippen LogP contribution in [0.2, 0.25) is 0 Å². The molecule has 0 radical (unpaired) electrons. The Morgan fingerprint density at radius 3 is 1.22 bits per heavy atom. The molecule has 5 rings (SSSR count). The van der Waals surface area contributed by atoms with Crippen LogP contribution in [0.15, 0.2) is 84.9 Å². The molecule has 0 aromatic heterocycles. The predicted octanol–water partition coefficient (Wildman–Crippen LogP) is 6.87. The number of rotatable bonds is 2. The monoisotopic (exact) mass is 354 g/mol. The fourth-order valence-corrected chi connectivity index (χ4v) is 3.85. The van der Waals surface area contributed by atoms with Gasteiger partial charge in [-0.05, 0) is 75.2 Å². The number of fused-ring (bicyclic) bond motifs is 3. The van der Waals surface area contributed by atoms with Crippen molar-refractivity contribution in [3.05, 3.63) is 108 Å². The molecule has 0 nitrogen and oxygen atoms in total. The predicted molar refractivity (Wildman–Crippen MR) is 105 cm³/mol. The summed E-state index contributed by atoms with van der Waals surface area (Å²) in [5.41, 5.74) is 9.29. The third-order valence-electron chi connectivity index (χ3n) is 5.24. The summed E-state index contributed by atoms with van der Waals surface area (Å²) in [6.45, 7) is 0. The topological polar surface area (TPSA) is 0 Å².